The number of oxime groups is 1. The third-order valence-corrected chi connectivity index (χ3v) is 1.02. The van der Waals surface area contributed by atoms with Crippen molar-refractivity contribution in [2.24, 2.45) is 5.16 Å². The van der Waals surface area contributed by atoms with Crippen LogP contribution in [0.25, 0.3) is 0 Å². The largest absolute Gasteiger partial charge is 0.469 e. The van der Waals surface area contributed by atoms with Gasteiger partial charge in [-0.15, -0.1) is 5.16 Å². The fraction of sp³-hybridized carbons (Fsp3) is 0.667. The lowest BCUT2D eigenvalue weighted by Gasteiger charge is -1.94. The van der Waals surface area contributed by atoms with Crippen LogP contribution in [-0.2, 0) is 9.53 Å². The summed E-state index contributed by atoms with van der Waals surface area (Å²) in [5.74, 6) is -0.230. The second-order valence-corrected chi connectivity index (χ2v) is 1.77. The van der Waals surface area contributed by atoms with Gasteiger partial charge in [-0.3, -0.25) is 4.79 Å². The zero-order chi connectivity index (χ0) is 7.82. The normalized spacial score (nSPS) is 10.1. The predicted octanol–water partition coefficient (Wildman–Crippen LogP) is 0.790. The molecule has 0 aliphatic heterocycles. The molecule has 0 radical (unpaired) electrons. The smallest absolute Gasteiger partial charge is 0.305 e. The highest BCUT2D eigenvalue weighted by atomic mass is 16.5. The van der Waals surface area contributed by atoms with Gasteiger partial charge < -0.3 is 9.94 Å². The van der Waals surface area contributed by atoms with Gasteiger partial charge in [-0.05, 0) is 12.8 Å². The molecule has 0 unspecified atom stereocenters. The molecule has 10 heavy (non-hydrogen) atoms. The second-order valence-electron chi connectivity index (χ2n) is 1.77. The van der Waals surface area contributed by atoms with Crippen molar-refractivity contribution in [3.05, 3.63) is 0 Å². The maximum Gasteiger partial charge on any atom is 0.305 e. The van der Waals surface area contributed by atoms with Gasteiger partial charge in [0.1, 0.15) is 0 Å². The summed E-state index contributed by atoms with van der Waals surface area (Å²) >= 11 is 0. The van der Waals surface area contributed by atoms with E-state index in [1.165, 1.54) is 13.3 Å². The zero-order valence-electron chi connectivity index (χ0n) is 5.91. The van der Waals surface area contributed by atoms with Gasteiger partial charge in [0.25, 0.3) is 0 Å². The first-order chi connectivity index (χ1) is 4.81. The Morgan fingerprint density at radius 2 is 2.50 bits per heavy atom. The Morgan fingerprint density at radius 3 is 3.00 bits per heavy atom. The number of methoxy groups -OCH3 is 1. The molecule has 4 heteroatoms. The van der Waals surface area contributed by atoms with Gasteiger partial charge in [0.05, 0.1) is 7.11 Å². The van der Waals surface area contributed by atoms with Gasteiger partial charge in [0.2, 0.25) is 0 Å². The summed E-state index contributed by atoms with van der Waals surface area (Å²) in [6.45, 7) is 0. The van der Waals surface area contributed by atoms with Crippen LogP contribution in [0.2, 0.25) is 0 Å². The van der Waals surface area contributed by atoms with Crippen LogP contribution in [0.3, 0.4) is 0 Å². The molecule has 0 saturated carbocycles. The molecule has 0 aliphatic rings. The summed E-state index contributed by atoms with van der Waals surface area (Å²) in [4.78, 5) is 10.4. The highest BCUT2D eigenvalue weighted by molar-refractivity contribution is 5.69. The van der Waals surface area contributed by atoms with Crippen molar-refractivity contribution in [3.63, 3.8) is 0 Å². The van der Waals surface area contributed by atoms with Crippen LogP contribution in [-0.4, -0.2) is 24.5 Å². The van der Waals surface area contributed by atoms with Gasteiger partial charge in [-0.1, -0.05) is 0 Å². The van der Waals surface area contributed by atoms with Crippen LogP contribution < -0.4 is 0 Å². The molecular formula is C6H11NO3. The molecule has 0 spiro atoms. The number of rotatable bonds is 4. The number of esters is 1. The van der Waals surface area contributed by atoms with Gasteiger partial charge in [0, 0.05) is 12.6 Å². The lowest BCUT2D eigenvalue weighted by atomic mass is 10.2. The van der Waals surface area contributed by atoms with Crippen molar-refractivity contribution in [2.75, 3.05) is 7.11 Å². The first-order valence-corrected chi connectivity index (χ1v) is 3.04. The number of hydrogen-bond acceptors (Lipinski definition) is 4. The van der Waals surface area contributed by atoms with Crippen LogP contribution in [0.1, 0.15) is 19.3 Å². The summed E-state index contributed by atoms with van der Waals surface area (Å²) in [5, 5.41) is 10.7. The molecule has 0 aromatic heterocycles. The predicted molar refractivity (Wildman–Crippen MR) is 36.1 cm³/mol. The fourth-order valence-electron chi connectivity index (χ4n) is 0.497. The number of carbonyl (C=O) groups is 1. The Balaban J connectivity index is 3.11. The molecular weight excluding hydrogens is 134 g/mol. The van der Waals surface area contributed by atoms with E-state index in [1.807, 2.05) is 0 Å². The quantitative estimate of drug-likeness (QED) is 0.209. The summed E-state index contributed by atoms with van der Waals surface area (Å²) < 4.78 is 4.38. The Kier molecular flexibility index (Phi) is 5.42. The van der Waals surface area contributed by atoms with E-state index in [2.05, 4.69) is 9.89 Å². The Hall–Kier alpha value is -1.06. The van der Waals surface area contributed by atoms with Crippen LogP contribution in [0.5, 0.6) is 0 Å². The number of carbonyl (C=O) groups excluding carboxylic acids is 1. The molecule has 0 atom stereocenters. The monoisotopic (exact) mass is 145 g/mol. The molecule has 0 aliphatic carbocycles. The van der Waals surface area contributed by atoms with E-state index < -0.39 is 0 Å². The van der Waals surface area contributed by atoms with E-state index in [1.54, 1.807) is 0 Å². The van der Waals surface area contributed by atoms with Gasteiger partial charge >= 0.3 is 5.97 Å². The third-order valence-electron chi connectivity index (χ3n) is 1.02. The minimum absolute atomic E-state index is 0.230. The van der Waals surface area contributed by atoms with Crippen LogP contribution >= 0.6 is 0 Å². The van der Waals surface area contributed by atoms with Gasteiger partial charge in [-0.2, -0.15) is 0 Å². The standard InChI is InChI=1S/C6H11NO3/c1-10-6(8)4-2-3-5-7-9/h5,9H,2-4H2,1H3. The summed E-state index contributed by atoms with van der Waals surface area (Å²) in [5.41, 5.74) is 0. The van der Waals surface area contributed by atoms with Crippen LogP contribution in [0, 0.1) is 0 Å². The van der Waals surface area contributed by atoms with Crippen LogP contribution in [0.4, 0.5) is 0 Å². The molecule has 0 bridgehead atoms. The van der Waals surface area contributed by atoms with Crippen LogP contribution in [0.15, 0.2) is 5.16 Å². The lowest BCUT2D eigenvalue weighted by molar-refractivity contribution is -0.140. The SMILES string of the molecule is COC(=O)CCCC=NO. The molecule has 0 heterocycles. The molecule has 0 aromatic rings. The Bertz CT molecular complexity index is 122. The minimum Gasteiger partial charge on any atom is -0.469 e. The van der Waals surface area contributed by atoms with E-state index in [4.69, 9.17) is 5.21 Å². The molecule has 0 amide bonds. The molecule has 0 saturated heterocycles. The van der Waals surface area contributed by atoms with E-state index in [0.29, 0.717) is 19.3 Å². The summed E-state index contributed by atoms with van der Waals surface area (Å²) in [6.07, 6.45) is 2.99. The van der Waals surface area contributed by atoms with Crippen molar-refractivity contribution in [1.29, 1.82) is 0 Å². The van der Waals surface area contributed by atoms with E-state index >= 15 is 0 Å². The van der Waals surface area contributed by atoms with Crippen molar-refractivity contribution in [3.8, 4) is 0 Å². The maximum atomic E-state index is 10.4. The molecule has 0 aromatic carbocycles. The van der Waals surface area contributed by atoms with Crippen molar-refractivity contribution >= 4 is 12.2 Å². The topological polar surface area (TPSA) is 58.9 Å². The minimum atomic E-state index is -0.230. The average molecular weight is 145 g/mol. The molecule has 0 rings (SSSR count). The zero-order valence-corrected chi connectivity index (χ0v) is 5.91. The first-order valence-electron chi connectivity index (χ1n) is 3.04. The maximum absolute atomic E-state index is 10.4. The lowest BCUT2D eigenvalue weighted by Crippen LogP contribution is -1.99. The van der Waals surface area contributed by atoms with Gasteiger partial charge in [0.15, 0.2) is 0 Å². The fourth-order valence-corrected chi connectivity index (χ4v) is 0.497. The Morgan fingerprint density at radius 1 is 1.80 bits per heavy atom. The Labute approximate surface area is 59.5 Å². The molecule has 1 N–H and O–H groups in total. The van der Waals surface area contributed by atoms with E-state index in [-0.39, 0.29) is 5.97 Å². The van der Waals surface area contributed by atoms with Gasteiger partial charge in [-0.25, -0.2) is 0 Å². The second kappa shape index (κ2) is 6.07. The highest BCUT2D eigenvalue weighted by Gasteiger charge is 1.96. The summed E-state index contributed by atoms with van der Waals surface area (Å²) in [7, 11) is 1.35. The summed E-state index contributed by atoms with van der Waals surface area (Å²) in [6, 6.07) is 0. The van der Waals surface area contributed by atoms with E-state index in [9.17, 15) is 4.79 Å². The molecule has 0 fully saturated rings. The van der Waals surface area contributed by atoms with Crippen molar-refractivity contribution < 1.29 is 14.7 Å². The van der Waals surface area contributed by atoms with Crippen molar-refractivity contribution in [1.82, 2.24) is 0 Å². The third kappa shape index (κ3) is 5.08. The van der Waals surface area contributed by atoms with E-state index in [0.717, 1.165) is 0 Å². The number of hydrogen-bond donors (Lipinski definition) is 1. The number of unbranched alkanes of at least 4 members (excludes halogenated alkanes) is 1. The molecule has 4 nitrogen and oxygen atoms in total. The van der Waals surface area contributed by atoms with Crippen molar-refractivity contribution in [2.45, 2.75) is 19.3 Å². The number of nitrogens with zero attached hydrogens (tertiary/aromatic N) is 1. The first kappa shape index (κ1) is 8.94. The number of ether oxygens (including phenoxy) is 1. The average Bonchev–Trinajstić information content (AvgIpc) is 1.98. The molecule has 58 valence electrons. The highest BCUT2D eigenvalue weighted by Crippen LogP contribution is 1.93.